The minimum Gasteiger partial charge on any atom is -0.314 e. The third-order valence-corrected chi connectivity index (χ3v) is 5.76. The first kappa shape index (κ1) is 14.8. The third-order valence-electron chi connectivity index (χ3n) is 5.76. The van der Waals surface area contributed by atoms with E-state index in [2.05, 4.69) is 22.0 Å². The Bertz CT molecular complexity index is 292. The largest absolute Gasteiger partial charge is 0.314 e. The quantitative estimate of drug-likeness (QED) is 0.852. The average Bonchev–Trinajstić information content (AvgIpc) is 2.80. The standard InChI is InChI=1S/C17H33N3/c1-2-18-17-9-4-3-7-15(17)13-19-10-6-12-20-11-5-8-16(20)14-19/h15-18H,2-14H2,1H3. The average molecular weight is 279 g/mol. The van der Waals surface area contributed by atoms with Crippen molar-refractivity contribution in [1.82, 2.24) is 15.1 Å². The molecule has 3 atom stereocenters. The van der Waals surface area contributed by atoms with Gasteiger partial charge in [-0.25, -0.2) is 0 Å². The molecule has 116 valence electrons. The van der Waals surface area contributed by atoms with Gasteiger partial charge in [-0.1, -0.05) is 19.8 Å². The second-order valence-electron chi connectivity index (χ2n) is 7.15. The highest BCUT2D eigenvalue weighted by molar-refractivity contribution is 4.88. The summed E-state index contributed by atoms with van der Waals surface area (Å²) in [4.78, 5) is 5.55. The van der Waals surface area contributed by atoms with E-state index in [4.69, 9.17) is 0 Å². The molecule has 0 aromatic heterocycles. The Hall–Kier alpha value is -0.120. The number of fused-ring (bicyclic) bond motifs is 1. The number of rotatable bonds is 4. The van der Waals surface area contributed by atoms with Crippen molar-refractivity contribution < 1.29 is 0 Å². The van der Waals surface area contributed by atoms with Crippen molar-refractivity contribution in [3.8, 4) is 0 Å². The number of nitrogens with zero attached hydrogens (tertiary/aromatic N) is 2. The summed E-state index contributed by atoms with van der Waals surface area (Å²) in [6.07, 6.45) is 10.00. The van der Waals surface area contributed by atoms with E-state index in [1.54, 1.807) is 0 Å². The summed E-state index contributed by atoms with van der Waals surface area (Å²) in [5.74, 6) is 0.900. The number of hydrogen-bond donors (Lipinski definition) is 1. The van der Waals surface area contributed by atoms with E-state index < -0.39 is 0 Å². The molecule has 0 radical (unpaired) electrons. The minimum absolute atomic E-state index is 0.789. The summed E-state index contributed by atoms with van der Waals surface area (Å²) >= 11 is 0. The third kappa shape index (κ3) is 3.55. The zero-order valence-electron chi connectivity index (χ0n) is 13.3. The zero-order valence-corrected chi connectivity index (χ0v) is 13.3. The molecule has 1 saturated carbocycles. The molecule has 0 spiro atoms. The molecule has 3 rings (SSSR count). The molecule has 2 aliphatic heterocycles. The van der Waals surface area contributed by atoms with Gasteiger partial charge in [0.1, 0.15) is 0 Å². The van der Waals surface area contributed by atoms with Crippen molar-refractivity contribution in [2.75, 3.05) is 39.3 Å². The Kier molecular flexibility index (Phi) is 5.36. The molecule has 3 heteroatoms. The maximum Gasteiger partial charge on any atom is 0.0223 e. The van der Waals surface area contributed by atoms with E-state index in [-0.39, 0.29) is 0 Å². The molecule has 20 heavy (non-hydrogen) atoms. The molecule has 0 aromatic rings. The van der Waals surface area contributed by atoms with Crippen molar-refractivity contribution >= 4 is 0 Å². The second kappa shape index (κ2) is 7.24. The maximum absolute atomic E-state index is 3.75. The second-order valence-corrected chi connectivity index (χ2v) is 7.15. The van der Waals surface area contributed by atoms with Gasteiger partial charge in [-0.2, -0.15) is 0 Å². The van der Waals surface area contributed by atoms with E-state index in [0.717, 1.165) is 24.5 Å². The van der Waals surface area contributed by atoms with Crippen molar-refractivity contribution in [2.45, 2.75) is 64.0 Å². The van der Waals surface area contributed by atoms with Gasteiger partial charge in [0.15, 0.2) is 0 Å². The van der Waals surface area contributed by atoms with Crippen LogP contribution in [-0.2, 0) is 0 Å². The van der Waals surface area contributed by atoms with Crippen LogP contribution in [0.25, 0.3) is 0 Å². The highest BCUT2D eigenvalue weighted by Crippen LogP contribution is 2.27. The molecular weight excluding hydrogens is 246 g/mol. The Morgan fingerprint density at radius 3 is 2.70 bits per heavy atom. The van der Waals surface area contributed by atoms with Crippen molar-refractivity contribution in [3.63, 3.8) is 0 Å². The van der Waals surface area contributed by atoms with E-state index in [9.17, 15) is 0 Å². The highest BCUT2D eigenvalue weighted by atomic mass is 15.3. The molecule has 3 fully saturated rings. The molecule has 3 nitrogen and oxygen atoms in total. The van der Waals surface area contributed by atoms with Crippen LogP contribution in [0.1, 0.15) is 51.9 Å². The smallest absolute Gasteiger partial charge is 0.0223 e. The first-order valence-electron chi connectivity index (χ1n) is 9.06. The fourth-order valence-corrected chi connectivity index (χ4v) is 4.74. The molecule has 0 aromatic carbocycles. The summed E-state index contributed by atoms with van der Waals surface area (Å²) in [7, 11) is 0. The fraction of sp³-hybridized carbons (Fsp3) is 1.00. The van der Waals surface area contributed by atoms with Gasteiger partial charge < -0.3 is 10.2 Å². The Balaban J connectivity index is 1.55. The first-order valence-corrected chi connectivity index (χ1v) is 9.06. The van der Waals surface area contributed by atoms with Crippen molar-refractivity contribution in [3.05, 3.63) is 0 Å². The van der Waals surface area contributed by atoms with Gasteiger partial charge in [-0.15, -0.1) is 0 Å². The molecule has 0 bridgehead atoms. The Morgan fingerprint density at radius 1 is 0.950 bits per heavy atom. The predicted octanol–water partition coefficient (Wildman–Crippen LogP) is 2.32. The predicted molar refractivity (Wildman–Crippen MR) is 85.1 cm³/mol. The molecule has 1 aliphatic carbocycles. The van der Waals surface area contributed by atoms with Crippen LogP contribution in [-0.4, -0.2) is 61.2 Å². The molecule has 3 aliphatic rings. The van der Waals surface area contributed by atoms with Crippen LogP contribution >= 0.6 is 0 Å². The Labute approximate surface area is 125 Å². The molecular formula is C17H33N3. The molecule has 3 unspecified atom stereocenters. The first-order chi connectivity index (χ1) is 9.86. The lowest BCUT2D eigenvalue weighted by atomic mass is 9.84. The van der Waals surface area contributed by atoms with Crippen molar-refractivity contribution in [2.24, 2.45) is 5.92 Å². The zero-order chi connectivity index (χ0) is 13.8. The SMILES string of the molecule is CCNC1CCCCC1CN1CCCN2CCCC2C1. The summed E-state index contributed by atoms with van der Waals surface area (Å²) < 4.78 is 0. The van der Waals surface area contributed by atoms with Crippen LogP contribution in [0, 0.1) is 5.92 Å². The van der Waals surface area contributed by atoms with Gasteiger partial charge in [-0.05, 0) is 64.2 Å². The van der Waals surface area contributed by atoms with Crippen LogP contribution in [0.15, 0.2) is 0 Å². The van der Waals surface area contributed by atoms with Gasteiger partial charge in [-0.3, -0.25) is 4.90 Å². The normalized spacial score (nSPS) is 36.8. The summed E-state index contributed by atoms with van der Waals surface area (Å²) in [5, 5.41) is 3.75. The van der Waals surface area contributed by atoms with Gasteiger partial charge in [0.25, 0.3) is 0 Å². The van der Waals surface area contributed by atoms with E-state index >= 15 is 0 Å². The lowest BCUT2D eigenvalue weighted by Crippen LogP contribution is -2.46. The van der Waals surface area contributed by atoms with E-state index in [0.29, 0.717) is 0 Å². The summed E-state index contributed by atoms with van der Waals surface area (Å²) in [5.41, 5.74) is 0. The van der Waals surface area contributed by atoms with Crippen LogP contribution in [0.2, 0.25) is 0 Å². The number of nitrogens with one attached hydrogen (secondary N) is 1. The highest BCUT2D eigenvalue weighted by Gasteiger charge is 2.31. The van der Waals surface area contributed by atoms with E-state index in [1.807, 2.05) is 0 Å². The monoisotopic (exact) mass is 279 g/mol. The van der Waals surface area contributed by atoms with Gasteiger partial charge >= 0.3 is 0 Å². The fourth-order valence-electron chi connectivity index (χ4n) is 4.74. The summed E-state index contributed by atoms with van der Waals surface area (Å²) in [6, 6.07) is 1.66. The lowest BCUT2D eigenvalue weighted by molar-refractivity contribution is 0.156. The van der Waals surface area contributed by atoms with Crippen molar-refractivity contribution in [1.29, 1.82) is 0 Å². The van der Waals surface area contributed by atoms with Crippen LogP contribution in [0.3, 0.4) is 0 Å². The molecule has 2 heterocycles. The van der Waals surface area contributed by atoms with Crippen LogP contribution in [0.4, 0.5) is 0 Å². The number of hydrogen-bond acceptors (Lipinski definition) is 3. The minimum atomic E-state index is 0.789. The molecule has 1 N–H and O–H groups in total. The molecule has 2 saturated heterocycles. The summed E-state index contributed by atoms with van der Waals surface area (Å²) in [6.45, 7) is 10.1. The van der Waals surface area contributed by atoms with Crippen LogP contribution in [0.5, 0.6) is 0 Å². The van der Waals surface area contributed by atoms with Gasteiger partial charge in [0, 0.05) is 25.2 Å². The lowest BCUT2D eigenvalue weighted by Gasteiger charge is -2.36. The maximum atomic E-state index is 3.75. The van der Waals surface area contributed by atoms with Gasteiger partial charge in [0.05, 0.1) is 0 Å². The topological polar surface area (TPSA) is 18.5 Å². The molecule has 0 amide bonds. The van der Waals surface area contributed by atoms with Gasteiger partial charge in [0.2, 0.25) is 0 Å². The van der Waals surface area contributed by atoms with Crippen LogP contribution < -0.4 is 5.32 Å². The van der Waals surface area contributed by atoms with E-state index in [1.165, 1.54) is 77.7 Å². The Morgan fingerprint density at radius 2 is 1.80 bits per heavy atom.